The maximum atomic E-state index is 10.8. The van der Waals surface area contributed by atoms with E-state index in [1.165, 1.54) is 11.8 Å². The summed E-state index contributed by atoms with van der Waals surface area (Å²) in [6.07, 6.45) is 1.58. The molecule has 0 spiro atoms. The number of hydrogen-bond acceptors (Lipinski definition) is 3. The summed E-state index contributed by atoms with van der Waals surface area (Å²) in [5, 5.41) is 8.84. The molecule has 15 heavy (non-hydrogen) atoms. The number of carboxylic acids is 1. The smallest absolute Gasteiger partial charge is 0.342 e. The molecule has 1 aliphatic heterocycles. The van der Waals surface area contributed by atoms with Crippen LogP contribution in [0.15, 0.2) is 40.1 Å². The van der Waals surface area contributed by atoms with Crippen molar-refractivity contribution in [1.29, 1.82) is 0 Å². The lowest BCUT2D eigenvalue weighted by Crippen LogP contribution is -1.97. The fourth-order valence-corrected chi connectivity index (χ4v) is 2.00. The van der Waals surface area contributed by atoms with E-state index >= 15 is 0 Å². The summed E-state index contributed by atoms with van der Waals surface area (Å²) in [6.45, 7) is 0.311. The summed E-state index contributed by atoms with van der Waals surface area (Å²) < 4.78 is 5.37. The van der Waals surface area contributed by atoms with E-state index in [-0.39, 0.29) is 12.4 Å². The number of ether oxygens (including phenoxy) is 1. The average Bonchev–Trinajstić information content (AvgIpc) is 2.39. The highest BCUT2D eigenvalue weighted by molar-refractivity contribution is 8.04. The van der Waals surface area contributed by atoms with Crippen molar-refractivity contribution < 1.29 is 14.6 Å². The van der Waals surface area contributed by atoms with Crippen LogP contribution < -0.4 is 4.74 Å². The zero-order valence-electron chi connectivity index (χ0n) is 7.67. The Hall–Kier alpha value is -1.13. The third-order valence-electron chi connectivity index (χ3n) is 1.79. The van der Waals surface area contributed by atoms with Gasteiger partial charge in [-0.25, -0.2) is 4.79 Å². The lowest BCUT2D eigenvalue weighted by atomic mass is 10.3. The Labute approximate surface area is 97.5 Å². The van der Waals surface area contributed by atoms with Gasteiger partial charge < -0.3 is 9.84 Å². The van der Waals surface area contributed by atoms with Crippen molar-refractivity contribution in [1.82, 2.24) is 0 Å². The van der Waals surface area contributed by atoms with E-state index in [9.17, 15) is 4.79 Å². The lowest BCUT2D eigenvalue weighted by molar-refractivity contribution is -0.131. The third-order valence-corrected chi connectivity index (χ3v) is 2.91. The minimum Gasteiger partial charge on any atom is -0.488 e. The predicted octanol–water partition coefficient (Wildman–Crippen LogP) is 2.56. The molecule has 1 aliphatic rings. The van der Waals surface area contributed by atoms with Crippen LogP contribution in [0.3, 0.4) is 0 Å². The quantitative estimate of drug-likeness (QED) is 0.825. The SMILES string of the molecule is Cl.O=C(O)C1=CCOc2ccccc2S1. The Morgan fingerprint density at radius 2 is 2.13 bits per heavy atom. The normalized spacial score (nSPS) is 13.7. The molecule has 80 valence electrons. The van der Waals surface area contributed by atoms with Crippen molar-refractivity contribution in [3.63, 3.8) is 0 Å². The van der Waals surface area contributed by atoms with Crippen LogP contribution in [-0.2, 0) is 4.79 Å². The monoisotopic (exact) mass is 244 g/mol. The summed E-state index contributed by atoms with van der Waals surface area (Å²) in [4.78, 5) is 11.9. The maximum absolute atomic E-state index is 10.8. The Kier molecular flexibility index (Phi) is 4.05. The topological polar surface area (TPSA) is 46.5 Å². The van der Waals surface area contributed by atoms with Crippen molar-refractivity contribution in [3.8, 4) is 5.75 Å². The number of benzene rings is 1. The number of aliphatic carboxylic acids is 1. The fourth-order valence-electron chi connectivity index (χ4n) is 1.15. The molecular formula is C10H9ClO3S. The molecule has 0 radical (unpaired) electrons. The molecule has 0 saturated carbocycles. The highest BCUT2D eigenvalue weighted by Gasteiger charge is 2.15. The van der Waals surface area contributed by atoms with Gasteiger partial charge in [0.05, 0.1) is 9.80 Å². The Balaban J connectivity index is 0.00000112. The zero-order valence-corrected chi connectivity index (χ0v) is 9.31. The highest BCUT2D eigenvalue weighted by Crippen LogP contribution is 2.36. The van der Waals surface area contributed by atoms with E-state index < -0.39 is 5.97 Å². The van der Waals surface area contributed by atoms with Gasteiger partial charge in [-0.2, -0.15) is 0 Å². The first-order valence-corrected chi connectivity index (χ1v) is 4.92. The summed E-state index contributed by atoms with van der Waals surface area (Å²) in [5.74, 6) is -0.166. The van der Waals surface area contributed by atoms with Crippen LogP contribution in [-0.4, -0.2) is 17.7 Å². The largest absolute Gasteiger partial charge is 0.488 e. The first-order chi connectivity index (χ1) is 6.77. The van der Waals surface area contributed by atoms with E-state index in [4.69, 9.17) is 9.84 Å². The number of fused-ring (bicyclic) bond motifs is 1. The van der Waals surface area contributed by atoms with Gasteiger partial charge in [0.1, 0.15) is 12.4 Å². The van der Waals surface area contributed by atoms with Crippen LogP contribution in [0.5, 0.6) is 5.75 Å². The predicted molar refractivity (Wildman–Crippen MR) is 60.8 cm³/mol. The van der Waals surface area contributed by atoms with E-state index in [0.29, 0.717) is 11.5 Å². The van der Waals surface area contributed by atoms with Gasteiger partial charge in [-0.15, -0.1) is 12.4 Å². The molecule has 0 fully saturated rings. The van der Waals surface area contributed by atoms with Gasteiger partial charge in [0.2, 0.25) is 0 Å². The molecule has 0 saturated heterocycles. The van der Waals surface area contributed by atoms with Crippen molar-refractivity contribution in [3.05, 3.63) is 35.2 Å². The van der Waals surface area contributed by atoms with Gasteiger partial charge >= 0.3 is 5.97 Å². The Bertz CT molecular complexity index is 403. The molecule has 1 aromatic carbocycles. The molecule has 1 aromatic rings. The molecule has 0 unspecified atom stereocenters. The van der Waals surface area contributed by atoms with Gasteiger partial charge in [-0.1, -0.05) is 23.9 Å². The standard InChI is InChI=1S/C10H8O3S.ClH/c11-10(12)9-5-6-13-7-3-1-2-4-8(7)14-9;/h1-5H,6H2,(H,11,12);1H. The first-order valence-electron chi connectivity index (χ1n) is 4.10. The fraction of sp³-hybridized carbons (Fsp3) is 0.100. The molecule has 2 rings (SSSR count). The van der Waals surface area contributed by atoms with Crippen molar-refractivity contribution >= 4 is 30.1 Å². The van der Waals surface area contributed by atoms with Crippen molar-refractivity contribution in [2.24, 2.45) is 0 Å². The number of carboxylic acid groups (broad SMARTS) is 1. The van der Waals surface area contributed by atoms with E-state index in [0.717, 1.165) is 10.6 Å². The molecule has 1 N–H and O–H groups in total. The Morgan fingerprint density at radius 1 is 1.40 bits per heavy atom. The van der Waals surface area contributed by atoms with Gasteiger partial charge in [0, 0.05) is 0 Å². The highest BCUT2D eigenvalue weighted by atomic mass is 35.5. The van der Waals surface area contributed by atoms with Gasteiger partial charge in [0.25, 0.3) is 0 Å². The maximum Gasteiger partial charge on any atom is 0.342 e. The van der Waals surface area contributed by atoms with Gasteiger partial charge in [0.15, 0.2) is 0 Å². The van der Waals surface area contributed by atoms with Gasteiger partial charge in [-0.3, -0.25) is 0 Å². The van der Waals surface area contributed by atoms with Crippen molar-refractivity contribution in [2.75, 3.05) is 6.61 Å². The molecule has 0 amide bonds. The second-order valence-corrected chi connectivity index (χ2v) is 3.82. The number of rotatable bonds is 1. The number of carbonyl (C=O) groups is 1. The van der Waals surface area contributed by atoms with Crippen LogP contribution in [0.4, 0.5) is 0 Å². The molecule has 5 heteroatoms. The Morgan fingerprint density at radius 3 is 2.87 bits per heavy atom. The third kappa shape index (κ3) is 2.67. The van der Waals surface area contributed by atoms with Gasteiger partial charge in [-0.05, 0) is 18.2 Å². The summed E-state index contributed by atoms with van der Waals surface area (Å²) in [5.41, 5.74) is 0. The molecule has 0 aromatic heterocycles. The molecular weight excluding hydrogens is 236 g/mol. The molecule has 3 nitrogen and oxygen atoms in total. The van der Waals surface area contributed by atoms with Crippen LogP contribution in [0.1, 0.15) is 0 Å². The number of para-hydroxylation sites is 1. The summed E-state index contributed by atoms with van der Waals surface area (Å²) >= 11 is 1.22. The number of halogens is 1. The minimum absolute atomic E-state index is 0. The van der Waals surface area contributed by atoms with Crippen LogP contribution in [0, 0.1) is 0 Å². The van der Waals surface area contributed by atoms with E-state index in [1.54, 1.807) is 6.08 Å². The molecule has 0 atom stereocenters. The first kappa shape index (κ1) is 11.9. The summed E-state index contributed by atoms with van der Waals surface area (Å²) in [7, 11) is 0. The summed E-state index contributed by atoms with van der Waals surface area (Å²) in [6, 6.07) is 7.41. The second kappa shape index (κ2) is 5.09. The van der Waals surface area contributed by atoms with Crippen LogP contribution in [0.2, 0.25) is 0 Å². The minimum atomic E-state index is -0.907. The lowest BCUT2D eigenvalue weighted by Gasteiger charge is -2.04. The molecule has 0 aliphatic carbocycles. The van der Waals surface area contributed by atoms with E-state index in [1.807, 2.05) is 24.3 Å². The average molecular weight is 245 g/mol. The van der Waals surface area contributed by atoms with Crippen LogP contribution >= 0.6 is 24.2 Å². The number of thioether (sulfide) groups is 1. The van der Waals surface area contributed by atoms with Crippen LogP contribution in [0.25, 0.3) is 0 Å². The second-order valence-electron chi connectivity index (χ2n) is 2.73. The number of hydrogen-bond donors (Lipinski definition) is 1. The van der Waals surface area contributed by atoms with Crippen molar-refractivity contribution in [2.45, 2.75) is 4.90 Å². The zero-order chi connectivity index (χ0) is 9.97. The van der Waals surface area contributed by atoms with E-state index in [2.05, 4.69) is 0 Å². The molecule has 0 bridgehead atoms. The molecule has 1 heterocycles.